The van der Waals surface area contributed by atoms with Gasteiger partial charge in [0.2, 0.25) is 0 Å². The molecule has 0 amide bonds. The number of halogens is 1. The van der Waals surface area contributed by atoms with Crippen molar-refractivity contribution in [3.63, 3.8) is 0 Å². The van der Waals surface area contributed by atoms with Crippen molar-refractivity contribution in [3.05, 3.63) is 62.5 Å². The highest BCUT2D eigenvalue weighted by Crippen LogP contribution is 2.39. The molecule has 1 heterocycles. The van der Waals surface area contributed by atoms with Gasteiger partial charge in [0.15, 0.2) is 0 Å². The lowest BCUT2D eigenvalue weighted by molar-refractivity contribution is -0.107. The Morgan fingerprint density at radius 3 is 2.57 bits per heavy atom. The van der Waals surface area contributed by atoms with Crippen LogP contribution in [0.5, 0.6) is 5.75 Å². The maximum absolute atomic E-state index is 12.9. The van der Waals surface area contributed by atoms with E-state index in [4.69, 9.17) is 16.3 Å². The van der Waals surface area contributed by atoms with Gasteiger partial charge in [0.05, 0.1) is 12.1 Å². The molecule has 0 aliphatic carbocycles. The molecule has 0 radical (unpaired) electrons. The van der Waals surface area contributed by atoms with E-state index in [0.29, 0.717) is 16.1 Å². The van der Waals surface area contributed by atoms with E-state index in [-0.39, 0.29) is 12.0 Å². The zero-order valence-electron chi connectivity index (χ0n) is 16.6. The molecule has 0 atom stereocenters. The molecule has 146 valence electrons. The fourth-order valence-corrected chi connectivity index (χ4v) is 3.99. The number of pyridine rings is 1. The first-order chi connectivity index (χ1) is 13.4. The molecule has 0 unspecified atom stereocenters. The molecule has 0 saturated heterocycles. The quantitative estimate of drug-likeness (QED) is 0.557. The van der Waals surface area contributed by atoms with Crippen molar-refractivity contribution in [2.45, 2.75) is 33.1 Å². The molecule has 0 saturated carbocycles. The topological polar surface area (TPSA) is 48.3 Å². The van der Waals surface area contributed by atoms with Crippen molar-refractivity contribution in [2.75, 3.05) is 7.11 Å². The summed E-state index contributed by atoms with van der Waals surface area (Å²) in [5.41, 5.74) is 4.24. The van der Waals surface area contributed by atoms with Crippen LogP contribution >= 0.6 is 11.6 Å². The molecule has 0 aliphatic rings. The molecule has 0 spiro atoms. The van der Waals surface area contributed by atoms with Gasteiger partial charge in [-0.05, 0) is 42.5 Å². The molecule has 28 heavy (non-hydrogen) atoms. The summed E-state index contributed by atoms with van der Waals surface area (Å²) in [5, 5.41) is 1.96. The number of aldehydes is 1. The number of carbonyl (C=O) groups is 1. The molecule has 0 N–H and O–H groups in total. The van der Waals surface area contributed by atoms with Gasteiger partial charge in [0, 0.05) is 35.7 Å². The first kappa shape index (κ1) is 20.2. The number of aromatic nitrogens is 1. The molecule has 4 nitrogen and oxygen atoms in total. The second kappa shape index (κ2) is 8.19. The van der Waals surface area contributed by atoms with Crippen LogP contribution in [-0.4, -0.2) is 18.0 Å². The van der Waals surface area contributed by atoms with Gasteiger partial charge < -0.3 is 14.1 Å². The minimum absolute atomic E-state index is 0.113. The highest BCUT2D eigenvalue weighted by Gasteiger charge is 2.20. The normalized spacial score (nSPS) is 11.0. The average Bonchev–Trinajstić information content (AvgIpc) is 2.68. The summed E-state index contributed by atoms with van der Waals surface area (Å²) in [4.78, 5) is 24.3. The molecular weight excluding hydrogens is 374 g/mol. The van der Waals surface area contributed by atoms with Gasteiger partial charge in [0.25, 0.3) is 5.56 Å². The Hall–Kier alpha value is -2.59. The molecule has 3 aromatic rings. The van der Waals surface area contributed by atoms with E-state index in [1.54, 1.807) is 18.7 Å². The second-order valence-electron chi connectivity index (χ2n) is 7.00. The van der Waals surface area contributed by atoms with Crippen molar-refractivity contribution < 1.29 is 9.53 Å². The van der Waals surface area contributed by atoms with Crippen molar-refractivity contribution >= 4 is 28.7 Å². The summed E-state index contributed by atoms with van der Waals surface area (Å²) >= 11 is 6.66. The summed E-state index contributed by atoms with van der Waals surface area (Å²) in [6.07, 6.45) is 2.77. The zero-order valence-corrected chi connectivity index (χ0v) is 17.4. The van der Waals surface area contributed by atoms with E-state index in [2.05, 4.69) is 6.92 Å². The van der Waals surface area contributed by atoms with E-state index >= 15 is 0 Å². The van der Waals surface area contributed by atoms with Gasteiger partial charge >= 0.3 is 0 Å². The fourth-order valence-electron chi connectivity index (χ4n) is 3.74. The first-order valence-corrected chi connectivity index (χ1v) is 9.73. The van der Waals surface area contributed by atoms with Crippen LogP contribution in [0.4, 0.5) is 0 Å². The number of aryl methyl sites for hydroxylation is 2. The number of carbonyl (C=O) groups excluding carboxylic acids is 1. The highest BCUT2D eigenvalue weighted by molar-refractivity contribution is 6.34. The van der Waals surface area contributed by atoms with E-state index in [1.807, 2.05) is 37.3 Å². The second-order valence-corrected chi connectivity index (χ2v) is 7.41. The van der Waals surface area contributed by atoms with Gasteiger partial charge in [-0.25, -0.2) is 0 Å². The summed E-state index contributed by atoms with van der Waals surface area (Å²) in [7, 11) is 3.34. The molecule has 2 aromatic carbocycles. The van der Waals surface area contributed by atoms with E-state index in [0.717, 1.165) is 52.5 Å². The number of nitrogens with zero attached hydrogens (tertiary/aromatic N) is 1. The number of hydrogen-bond acceptors (Lipinski definition) is 3. The predicted octanol–water partition coefficient (Wildman–Crippen LogP) is 4.87. The third-order valence-electron chi connectivity index (χ3n) is 5.11. The van der Waals surface area contributed by atoms with E-state index < -0.39 is 0 Å². The number of hydrogen-bond donors (Lipinski definition) is 0. The Kier molecular flexibility index (Phi) is 5.90. The van der Waals surface area contributed by atoms with Crippen LogP contribution < -0.4 is 10.3 Å². The molecule has 0 fully saturated rings. The maximum Gasteiger partial charge on any atom is 0.258 e. The van der Waals surface area contributed by atoms with Crippen LogP contribution in [-0.2, 0) is 24.7 Å². The van der Waals surface area contributed by atoms with Crippen LogP contribution in [0.15, 0.2) is 35.1 Å². The lowest BCUT2D eigenvalue weighted by atomic mass is 9.93. The molecule has 3 rings (SSSR count). The molecular formula is C23H24ClNO3. The molecule has 0 bridgehead atoms. The van der Waals surface area contributed by atoms with Gasteiger partial charge in [-0.2, -0.15) is 0 Å². The summed E-state index contributed by atoms with van der Waals surface area (Å²) in [6.45, 7) is 4.06. The highest BCUT2D eigenvalue weighted by atomic mass is 35.5. The number of methoxy groups -OCH3 is 1. The minimum atomic E-state index is -0.113. The number of benzene rings is 2. The number of rotatable bonds is 6. The Balaban J connectivity index is 2.47. The van der Waals surface area contributed by atoms with Crippen LogP contribution in [0.3, 0.4) is 0 Å². The Morgan fingerprint density at radius 1 is 1.18 bits per heavy atom. The first-order valence-electron chi connectivity index (χ1n) is 9.35. The summed E-state index contributed by atoms with van der Waals surface area (Å²) < 4.78 is 7.06. The third-order valence-corrected chi connectivity index (χ3v) is 5.42. The van der Waals surface area contributed by atoms with E-state index in [1.165, 1.54) is 0 Å². The smallest absolute Gasteiger partial charge is 0.258 e. The van der Waals surface area contributed by atoms with Crippen LogP contribution in [0.25, 0.3) is 21.9 Å². The Morgan fingerprint density at radius 2 is 1.93 bits per heavy atom. The SMILES string of the molecule is CCCc1cc(-c2c(CC=O)n(C)c(=O)c3cc(C)ccc23)c(Cl)cc1OC. The van der Waals surface area contributed by atoms with Crippen LogP contribution in [0.2, 0.25) is 5.02 Å². The van der Waals surface area contributed by atoms with Gasteiger partial charge in [-0.3, -0.25) is 4.79 Å². The van der Waals surface area contributed by atoms with Crippen LogP contribution in [0.1, 0.15) is 30.2 Å². The van der Waals surface area contributed by atoms with Gasteiger partial charge in [0.1, 0.15) is 12.0 Å². The van der Waals surface area contributed by atoms with Crippen molar-refractivity contribution in [1.29, 1.82) is 0 Å². The maximum atomic E-state index is 12.9. The van der Waals surface area contributed by atoms with Crippen LogP contribution in [0, 0.1) is 6.92 Å². The lowest BCUT2D eigenvalue weighted by Gasteiger charge is -2.19. The predicted molar refractivity (Wildman–Crippen MR) is 115 cm³/mol. The zero-order chi connectivity index (χ0) is 20.4. The van der Waals surface area contributed by atoms with Gasteiger partial charge in [-0.15, -0.1) is 0 Å². The third kappa shape index (κ3) is 3.45. The monoisotopic (exact) mass is 397 g/mol. The number of ether oxygens (including phenoxy) is 1. The Labute approximate surface area is 169 Å². The minimum Gasteiger partial charge on any atom is -0.496 e. The summed E-state index contributed by atoms with van der Waals surface area (Å²) in [5.74, 6) is 0.748. The molecule has 5 heteroatoms. The lowest BCUT2D eigenvalue weighted by Crippen LogP contribution is -2.22. The fraction of sp³-hybridized carbons (Fsp3) is 0.304. The van der Waals surface area contributed by atoms with Crippen molar-refractivity contribution in [2.24, 2.45) is 7.05 Å². The van der Waals surface area contributed by atoms with Crippen molar-refractivity contribution in [1.82, 2.24) is 4.57 Å². The standard InChI is InChI=1S/C23H24ClNO3/c1-5-6-15-12-18(19(24)13-21(15)28-4)22-16-8-7-14(2)11-17(16)23(27)25(3)20(22)9-10-26/h7-8,10-13H,5-6,9H2,1-4H3. The van der Waals surface area contributed by atoms with E-state index in [9.17, 15) is 9.59 Å². The van der Waals surface area contributed by atoms with Gasteiger partial charge in [-0.1, -0.05) is 42.6 Å². The average molecular weight is 398 g/mol. The molecule has 0 aliphatic heterocycles. The largest absolute Gasteiger partial charge is 0.496 e. The van der Waals surface area contributed by atoms with Crippen molar-refractivity contribution in [3.8, 4) is 16.9 Å². The Bertz CT molecular complexity index is 1120. The summed E-state index contributed by atoms with van der Waals surface area (Å²) in [6, 6.07) is 9.64. The number of fused-ring (bicyclic) bond motifs is 1. The molecule has 1 aromatic heterocycles.